The minimum atomic E-state index is -3.96. The van der Waals surface area contributed by atoms with Crippen molar-refractivity contribution in [2.75, 3.05) is 4.72 Å². The standard InChI is InChI=1S/C15H17FN4O2S2/c1-8(2)13-14(20-15(17-13)23-10(4)18-20)24(21,22)19-11-6-5-9(3)12(16)7-11/h5-8,19H,1-4H3. The molecule has 0 bridgehead atoms. The second-order valence-corrected chi connectivity index (χ2v) is 8.60. The first-order chi connectivity index (χ1) is 11.2. The SMILES string of the molecule is Cc1nn2c(S(=O)(=O)Nc3ccc(C)c(F)c3)c(C(C)C)nc2s1. The number of aryl methyl sites for hydroxylation is 2. The van der Waals surface area contributed by atoms with Gasteiger partial charge in [-0.05, 0) is 37.5 Å². The number of nitrogens with zero attached hydrogens (tertiary/aromatic N) is 3. The van der Waals surface area contributed by atoms with Crippen LogP contribution in [0.25, 0.3) is 4.96 Å². The van der Waals surface area contributed by atoms with Crippen molar-refractivity contribution >= 4 is 32.0 Å². The van der Waals surface area contributed by atoms with Crippen molar-refractivity contribution in [3.8, 4) is 0 Å². The van der Waals surface area contributed by atoms with Crippen molar-refractivity contribution in [1.82, 2.24) is 14.6 Å². The number of benzene rings is 1. The lowest BCUT2D eigenvalue weighted by atomic mass is 10.2. The molecule has 0 fully saturated rings. The second kappa shape index (κ2) is 5.82. The number of aromatic nitrogens is 3. The molecule has 9 heteroatoms. The lowest BCUT2D eigenvalue weighted by Gasteiger charge is -2.10. The normalized spacial score (nSPS) is 12.2. The van der Waals surface area contributed by atoms with Gasteiger partial charge in [-0.3, -0.25) is 4.72 Å². The molecule has 0 aliphatic rings. The molecule has 24 heavy (non-hydrogen) atoms. The van der Waals surface area contributed by atoms with Crippen LogP contribution in [0.5, 0.6) is 0 Å². The van der Waals surface area contributed by atoms with E-state index in [1.54, 1.807) is 13.8 Å². The van der Waals surface area contributed by atoms with Gasteiger partial charge in [0.15, 0.2) is 0 Å². The van der Waals surface area contributed by atoms with Gasteiger partial charge in [-0.25, -0.2) is 9.37 Å². The molecule has 1 N–H and O–H groups in total. The zero-order valence-corrected chi connectivity index (χ0v) is 15.3. The third-order valence-electron chi connectivity index (χ3n) is 3.51. The highest BCUT2D eigenvalue weighted by molar-refractivity contribution is 7.92. The van der Waals surface area contributed by atoms with E-state index >= 15 is 0 Å². The summed E-state index contributed by atoms with van der Waals surface area (Å²) in [5, 5.41) is 4.95. The third-order valence-corrected chi connectivity index (χ3v) is 5.73. The number of hydrogen-bond donors (Lipinski definition) is 1. The van der Waals surface area contributed by atoms with E-state index in [4.69, 9.17) is 0 Å². The summed E-state index contributed by atoms with van der Waals surface area (Å²) in [6.07, 6.45) is 0. The van der Waals surface area contributed by atoms with Gasteiger partial charge in [-0.15, -0.1) is 0 Å². The summed E-state index contributed by atoms with van der Waals surface area (Å²) in [6.45, 7) is 7.13. The molecule has 0 radical (unpaired) electrons. The molecule has 128 valence electrons. The Morgan fingerprint density at radius 3 is 2.62 bits per heavy atom. The van der Waals surface area contributed by atoms with Crippen LogP contribution in [0.4, 0.5) is 10.1 Å². The van der Waals surface area contributed by atoms with E-state index in [0.29, 0.717) is 21.2 Å². The number of rotatable bonds is 4. The van der Waals surface area contributed by atoms with Crippen molar-refractivity contribution in [3.05, 3.63) is 40.3 Å². The van der Waals surface area contributed by atoms with Crippen LogP contribution in [0.3, 0.4) is 0 Å². The van der Waals surface area contributed by atoms with E-state index in [-0.39, 0.29) is 16.6 Å². The molecule has 3 rings (SSSR count). The molecular formula is C15H17FN4O2S2. The minimum absolute atomic E-state index is 0.00201. The van der Waals surface area contributed by atoms with Gasteiger partial charge in [0.25, 0.3) is 10.0 Å². The van der Waals surface area contributed by atoms with Crippen LogP contribution in [0.2, 0.25) is 0 Å². The van der Waals surface area contributed by atoms with Crippen LogP contribution in [0, 0.1) is 19.7 Å². The van der Waals surface area contributed by atoms with Gasteiger partial charge in [0.1, 0.15) is 10.8 Å². The zero-order chi connectivity index (χ0) is 17.6. The van der Waals surface area contributed by atoms with Gasteiger partial charge >= 0.3 is 0 Å². The molecule has 0 saturated heterocycles. The van der Waals surface area contributed by atoms with Gasteiger partial charge in [0.05, 0.1) is 11.4 Å². The summed E-state index contributed by atoms with van der Waals surface area (Å²) in [7, 11) is -3.96. The molecule has 0 aliphatic carbocycles. The second-order valence-electron chi connectivity index (χ2n) is 5.84. The zero-order valence-electron chi connectivity index (χ0n) is 13.7. The van der Waals surface area contributed by atoms with Crippen molar-refractivity contribution in [1.29, 1.82) is 0 Å². The predicted octanol–water partition coefficient (Wildman–Crippen LogP) is 3.47. The average molecular weight is 368 g/mol. The molecule has 2 aromatic heterocycles. The fourth-order valence-corrected chi connectivity index (χ4v) is 4.58. The summed E-state index contributed by atoms with van der Waals surface area (Å²) in [4.78, 5) is 4.92. The van der Waals surface area contributed by atoms with E-state index in [1.807, 2.05) is 13.8 Å². The summed E-state index contributed by atoms with van der Waals surface area (Å²) >= 11 is 1.32. The Kier molecular flexibility index (Phi) is 4.08. The number of halogens is 1. The van der Waals surface area contributed by atoms with E-state index in [2.05, 4.69) is 14.8 Å². The summed E-state index contributed by atoms with van der Waals surface area (Å²) in [5.74, 6) is -0.567. The first-order valence-electron chi connectivity index (χ1n) is 7.34. The first kappa shape index (κ1) is 16.8. The molecule has 6 nitrogen and oxygen atoms in total. The number of nitrogens with one attached hydrogen (secondary N) is 1. The molecular weight excluding hydrogens is 351 g/mol. The molecule has 0 unspecified atom stereocenters. The molecule has 1 aromatic carbocycles. The van der Waals surface area contributed by atoms with E-state index in [0.717, 1.165) is 6.07 Å². The summed E-state index contributed by atoms with van der Waals surface area (Å²) in [6, 6.07) is 4.21. The first-order valence-corrected chi connectivity index (χ1v) is 9.64. The quantitative estimate of drug-likeness (QED) is 0.765. The van der Waals surface area contributed by atoms with E-state index in [1.165, 1.54) is 28.0 Å². The molecule has 0 atom stereocenters. The molecule has 0 amide bonds. The molecule has 3 aromatic rings. The highest BCUT2D eigenvalue weighted by atomic mass is 32.2. The van der Waals surface area contributed by atoms with Crippen LogP contribution in [0.1, 0.15) is 36.0 Å². The van der Waals surface area contributed by atoms with Gasteiger partial charge in [0.2, 0.25) is 9.99 Å². The fourth-order valence-electron chi connectivity index (χ4n) is 2.33. The van der Waals surface area contributed by atoms with Gasteiger partial charge < -0.3 is 0 Å². The molecule has 2 heterocycles. The van der Waals surface area contributed by atoms with E-state index < -0.39 is 15.8 Å². The number of fused-ring (bicyclic) bond motifs is 1. The third kappa shape index (κ3) is 2.89. The Morgan fingerprint density at radius 2 is 2.00 bits per heavy atom. The predicted molar refractivity (Wildman–Crippen MR) is 91.6 cm³/mol. The average Bonchev–Trinajstić information content (AvgIpc) is 2.98. The number of anilines is 1. The monoisotopic (exact) mass is 368 g/mol. The Morgan fingerprint density at radius 1 is 1.29 bits per heavy atom. The summed E-state index contributed by atoms with van der Waals surface area (Å²) < 4.78 is 43.2. The lowest BCUT2D eigenvalue weighted by molar-refractivity contribution is 0.589. The van der Waals surface area contributed by atoms with Gasteiger partial charge in [-0.2, -0.15) is 18.0 Å². The highest BCUT2D eigenvalue weighted by Crippen LogP contribution is 2.29. The lowest BCUT2D eigenvalue weighted by Crippen LogP contribution is -2.18. The Balaban J connectivity index is 2.13. The van der Waals surface area contributed by atoms with Crippen LogP contribution in [-0.4, -0.2) is 23.0 Å². The van der Waals surface area contributed by atoms with Crippen LogP contribution in [0.15, 0.2) is 23.2 Å². The topological polar surface area (TPSA) is 76.4 Å². The fraction of sp³-hybridized carbons (Fsp3) is 0.333. The Labute approximate surface area is 143 Å². The number of hydrogen-bond acceptors (Lipinski definition) is 5. The largest absolute Gasteiger partial charge is 0.281 e. The molecule has 0 aliphatic heterocycles. The highest BCUT2D eigenvalue weighted by Gasteiger charge is 2.29. The maximum absolute atomic E-state index is 13.7. The van der Waals surface area contributed by atoms with Crippen LogP contribution < -0.4 is 4.72 Å². The number of sulfonamides is 1. The van der Waals surface area contributed by atoms with Crippen molar-refractivity contribution in [3.63, 3.8) is 0 Å². The van der Waals surface area contributed by atoms with E-state index in [9.17, 15) is 12.8 Å². The maximum Gasteiger partial charge on any atom is 0.281 e. The van der Waals surface area contributed by atoms with Crippen molar-refractivity contribution in [2.24, 2.45) is 0 Å². The van der Waals surface area contributed by atoms with Crippen molar-refractivity contribution in [2.45, 2.75) is 38.6 Å². The van der Waals surface area contributed by atoms with Gasteiger partial charge in [0, 0.05) is 0 Å². The Bertz CT molecular complexity index is 1020. The Hall–Kier alpha value is -2.00. The van der Waals surface area contributed by atoms with Crippen LogP contribution in [-0.2, 0) is 10.0 Å². The molecule has 0 saturated carbocycles. The summed E-state index contributed by atoms with van der Waals surface area (Å²) in [5.41, 5.74) is 1.05. The maximum atomic E-state index is 13.7. The number of imidazole rings is 1. The van der Waals surface area contributed by atoms with Crippen LogP contribution >= 0.6 is 11.3 Å². The van der Waals surface area contributed by atoms with Gasteiger partial charge in [-0.1, -0.05) is 31.3 Å². The smallest absolute Gasteiger partial charge is 0.278 e. The molecule has 0 spiro atoms. The van der Waals surface area contributed by atoms with Crippen molar-refractivity contribution < 1.29 is 12.8 Å². The minimum Gasteiger partial charge on any atom is -0.278 e.